The van der Waals surface area contributed by atoms with Crippen LogP contribution in [-0.4, -0.2) is 32.3 Å². The van der Waals surface area contributed by atoms with Crippen molar-refractivity contribution in [2.45, 2.75) is 6.18 Å². The van der Waals surface area contributed by atoms with Gasteiger partial charge in [0.1, 0.15) is 0 Å². The number of halogens is 3. The van der Waals surface area contributed by atoms with Gasteiger partial charge in [0.05, 0.1) is 15.5 Å². The molecule has 1 amide bonds. The normalized spacial score (nSPS) is 13.8. The summed E-state index contributed by atoms with van der Waals surface area (Å²) in [5.74, 6) is -0.478. The second-order valence-electron chi connectivity index (χ2n) is 4.70. The zero-order valence-corrected chi connectivity index (χ0v) is 13.0. The lowest BCUT2D eigenvalue weighted by atomic mass is 10.1. The summed E-state index contributed by atoms with van der Waals surface area (Å²) in [6, 6.07) is 5.26. The van der Waals surface area contributed by atoms with Gasteiger partial charge in [-0.2, -0.15) is 22.5 Å². The van der Waals surface area contributed by atoms with E-state index in [1.54, 1.807) is 0 Å². The highest BCUT2D eigenvalue weighted by Crippen LogP contribution is 2.29. The Morgan fingerprint density at radius 2 is 2.00 bits per heavy atom. The molecule has 0 N–H and O–H groups in total. The minimum Gasteiger partial charge on any atom is -0.329 e. The van der Waals surface area contributed by atoms with E-state index in [1.807, 2.05) is 0 Å². The number of carbonyl (C=O) groups is 1. The van der Waals surface area contributed by atoms with Gasteiger partial charge in [0.2, 0.25) is 5.82 Å². The summed E-state index contributed by atoms with van der Waals surface area (Å²) in [5, 5.41) is 3.23. The van der Waals surface area contributed by atoms with E-state index >= 15 is 0 Å². The highest BCUT2D eigenvalue weighted by Gasteiger charge is 2.38. The van der Waals surface area contributed by atoms with Gasteiger partial charge in [-0.25, -0.2) is 4.21 Å². The Balaban J connectivity index is 2.26. The van der Waals surface area contributed by atoms with Gasteiger partial charge >= 0.3 is 12.1 Å². The second kappa shape index (κ2) is 6.45. The topological polar surface area (TPSA) is 85.4 Å². The van der Waals surface area contributed by atoms with Crippen LogP contribution < -0.4 is 0 Å². The summed E-state index contributed by atoms with van der Waals surface area (Å²) in [6.45, 7) is 0. The van der Waals surface area contributed by atoms with Gasteiger partial charge in [-0.1, -0.05) is 23.2 Å². The SMILES string of the molecule is C#CCS(C)(=O)=NC(=O)c1ccc(-c2noc(C(F)(F)F)n2)cc1. The van der Waals surface area contributed by atoms with E-state index in [9.17, 15) is 22.2 Å². The fourth-order valence-corrected chi connectivity index (χ4v) is 2.46. The molecular weight excluding hydrogens is 347 g/mol. The van der Waals surface area contributed by atoms with E-state index in [2.05, 4.69) is 24.9 Å². The summed E-state index contributed by atoms with van der Waals surface area (Å²) in [5.41, 5.74) is 0.316. The lowest BCUT2D eigenvalue weighted by Crippen LogP contribution is -2.06. The molecular formula is C14H10F3N3O3S. The van der Waals surface area contributed by atoms with Crippen molar-refractivity contribution in [3.63, 3.8) is 0 Å². The van der Waals surface area contributed by atoms with Gasteiger partial charge in [0.25, 0.3) is 5.91 Å². The fraction of sp³-hybridized carbons (Fsp3) is 0.214. The van der Waals surface area contributed by atoms with Crippen LogP contribution >= 0.6 is 0 Å². The third-order valence-electron chi connectivity index (χ3n) is 2.69. The Morgan fingerprint density at radius 3 is 2.50 bits per heavy atom. The number of amides is 1. The third-order valence-corrected chi connectivity index (χ3v) is 3.94. The van der Waals surface area contributed by atoms with Gasteiger partial charge in [0, 0.05) is 17.4 Å². The lowest BCUT2D eigenvalue weighted by molar-refractivity contribution is -0.159. The molecule has 2 aromatic rings. The number of rotatable bonds is 3. The van der Waals surface area contributed by atoms with Crippen molar-refractivity contribution in [2.24, 2.45) is 4.36 Å². The molecule has 10 heteroatoms. The second-order valence-corrected chi connectivity index (χ2v) is 7.09. The maximum Gasteiger partial charge on any atom is 0.471 e. The zero-order valence-electron chi connectivity index (χ0n) is 12.2. The summed E-state index contributed by atoms with van der Waals surface area (Å²) in [7, 11) is -2.83. The number of hydrogen-bond acceptors (Lipinski definition) is 5. The predicted octanol–water partition coefficient (Wildman–Crippen LogP) is 2.63. The zero-order chi connectivity index (χ0) is 18.0. The number of aromatic nitrogens is 2. The van der Waals surface area contributed by atoms with Gasteiger partial charge in [-0.05, 0) is 12.1 Å². The molecule has 0 saturated heterocycles. The van der Waals surface area contributed by atoms with Gasteiger partial charge in [0.15, 0.2) is 0 Å². The average molecular weight is 357 g/mol. The van der Waals surface area contributed by atoms with Crippen molar-refractivity contribution in [2.75, 3.05) is 12.0 Å². The van der Waals surface area contributed by atoms with Gasteiger partial charge in [-0.3, -0.25) is 4.79 Å². The minimum atomic E-state index is -4.74. The Morgan fingerprint density at radius 1 is 1.38 bits per heavy atom. The Bertz CT molecular complexity index is 917. The van der Waals surface area contributed by atoms with Crippen LogP contribution in [0.15, 0.2) is 33.2 Å². The molecule has 0 aliphatic rings. The summed E-state index contributed by atoms with van der Waals surface area (Å²) >= 11 is 0. The number of terminal acetylenes is 1. The molecule has 1 atom stereocenters. The van der Waals surface area contributed by atoms with Crippen molar-refractivity contribution in [1.29, 1.82) is 0 Å². The van der Waals surface area contributed by atoms with Crippen molar-refractivity contribution in [1.82, 2.24) is 10.1 Å². The van der Waals surface area contributed by atoms with Crippen LogP contribution in [-0.2, 0) is 15.9 Å². The molecule has 6 nitrogen and oxygen atoms in total. The molecule has 126 valence electrons. The standard InChI is InChI=1S/C14H10F3N3O3S/c1-3-8-24(2,22)20-12(21)10-6-4-9(5-7-10)11-18-13(23-19-11)14(15,16)17/h1,4-7H,8H2,2H3. The van der Waals surface area contributed by atoms with Crippen molar-refractivity contribution < 1.29 is 26.7 Å². The van der Waals surface area contributed by atoms with E-state index in [1.165, 1.54) is 30.5 Å². The molecule has 0 radical (unpaired) electrons. The molecule has 24 heavy (non-hydrogen) atoms. The van der Waals surface area contributed by atoms with Crippen molar-refractivity contribution >= 4 is 15.6 Å². The van der Waals surface area contributed by atoms with Crippen LogP contribution in [0.1, 0.15) is 16.2 Å². The molecule has 1 unspecified atom stereocenters. The molecule has 0 spiro atoms. The molecule has 0 aliphatic heterocycles. The monoisotopic (exact) mass is 357 g/mol. The summed E-state index contributed by atoms with van der Waals surface area (Å²) < 4.78 is 56.8. The molecule has 0 bridgehead atoms. The number of carbonyl (C=O) groups excluding carboxylic acids is 1. The first kappa shape index (κ1) is 17.7. The van der Waals surface area contributed by atoms with Crippen LogP contribution in [0.25, 0.3) is 11.4 Å². The smallest absolute Gasteiger partial charge is 0.329 e. The van der Waals surface area contributed by atoms with Crippen LogP contribution in [0.4, 0.5) is 13.2 Å². The average Bonchev–Trinajstić information content (AvgIpc) is 2.96. The largest absolute Gasteiger partial charge is 0.471 e. The molecule has 1 aromatic heterocycles. The van der Waals surface area contributed by atoms with Gasteiger partial charge < -0.3 is 4.52 Å². The Labute approximate surface area is 135 Å². The van der Waals surface area contributed by atoms with Crippen LogP contribution in [0.2, 0.25) is 0 Å². The fourth-order valence-electron chi connectivity index (χ4n) is 1.63. The first-order valence-electron chi connectivity index (χ1n) is 6.31. The summed E-state index contributed by atoms with van der Waals surface area (Å²) in [6.07, 6.45) is 1.57. The van der Waals surface area contributed by atoms with E-state index < -0.39 is 27.7 Å². The molecule has 2 rings (SSSR count). The van der Waals surface area contributed by atoms with Crippen LogP contribution in [0.3, 0.4) is 0 Å². The molecule has 0 aliphatic carbocycles. The minimum absolute atomic E-state index is 0.102. The Hall–Kier alpha value is -2.67. The van der Waals surface area contributed by atoms with Crippen LogP contribution in [0.5, 0.6) is 0 Å². The van der Waals surface area contributed by atoms with E-state index in [4.69, 9.17) is 6.42 Å². The molecule has 0 saturated carbocycles. The number of alkyl halides is 3. The third kappa shape index (κ3) is 4.20. The number of benzene rings is 1. The molecule has 1 heterocycles. The number of hydrogen-bond donors (Lipinski definition) is 0. The van der Waals surface area contributed by atoms with Gasteiger partial charge in [-0.15, -0.1) is 6.42 Å². The maximum absolute atomic E-state index is 12.4. The lowest BCUT2D eigenvalue weighted by Gasteiger charge is -2.00. The summed E-state index contributed by atoms with van der Waals surface area (Å²) in [4.78, 5) is 15.1. The Kier molecular flexibility index (Phi) is 4.75. The van der Waals surface area contributed by atoms with E-state index in [0.717, 1.165) is 0 Å². The highest BCUT2D eigenvalue weighted by molar-refractivity contribution is 7.93. The quantitative estimate of drug-likeness (QED) is 0.789. The first-order chi connectivity index (χ1) is 11.1. The van der Waals surface area contributed by atoms with Crippen molar-refractivity contribution in [3.8, 4) is 23.7 Å². The molecule has 0 fully saturated rings. The van der Waals surface area contributed by atoms with Crippen molar-refractivity contribution in [3.05, 3.63) is 35.7 Å². The molecule has 1 aromatic carbocycles. The number of nitrogens with zero attached hydrogens (tertiary/aromatic N) is 3. The first-order valence-corrected chi connectivity index (χ1v) is 8.40. The van der Waals surface area contributed by atoms with E-state index in [0.29, 0.717) is 0 Å². The predicted molar refractivity (Wildman–Crippen MR) is 79.3 cm³/mol. The van der Waals surface area contributed by atoms with E-state index in [-0.39, 0.29) is 22.7 Å². The van der Waals surface area contributed by atoms with Crippen LogP contribution in [0, 0.1) is 12.3 Å². The maximum atomic E-state index is 12.4. The highest BCUT2D eigenvalue weighted by atomic mass is 32.2.